The van der Waals surface area contributed by atoms with Gasteiger partial charge in [-0.3, -0.25) is 24.4 Å². The Morgan fingerprint density at radius 2 is 0.890 bits per heavy atom. The van der Waals surface area contributed by atoms with Crippen LogP contribution in [0.5, 0.6) is 23.0 Å². The lowest BCUT2D eigenvalue weighted by molar-refractivity contribution is -0.277. The van der Waals surface area contributed by atoms with Crippen molar-refractivity contribution in [3.8, 4) is 35.3 Å². The Hall–Kier alpha value is -7.19. The molecule has 19 heteroatoms. The molecule has 73 heavy (non-hydrogen) atoms. The zero-order valence-corrected chi connectivity index (χ0v) is 39.0. The van der Waals surface area contributed by atoms with Gasteiger partial charge in [0.2, 0.25) is 12.6 Å². The molecule has 0 bridgehead atoms. The van der Waals surface area contributed by atoms with Crippen LogP contribution in [0.2, 0.25) is 0 Å². The molecule has 0 amide bonds. The number of terminal acetylenes is 1. The van der Waals surface area contributed by atoms with Crippen LogP contribution in [0.3, 0.4) is 0 Å². The van der Waals surface area contributed by atoms with E-state index >= 15 is 0 Å². The predicted octanol–water partition coefficient (Wildman–Crippen LogP) is 2.40. The van der Waals surface area contributed by atoms with Crippen LogP contribution in [-0.2, 0) is 9.47 Å². The first-order chi connectivity index (χ1) is 35.2. The van der Waals surface area contributed by atoms with Gasteiger partial charge in [-0.2, -0.15) is 0 Å². The molecule has 5 aromatic rings. The Balaban J connectivity index is 0.935. The molecule has 11 atom stereocenters. The molecule has 8 N–H and O–H groups in total. The monoisotopic (exact) mass is 1000 g/mol. The molecule has 7 rings (SSSR count). The molecule has 382 valence electrons. The molecule has 2 aliphatic heterocycles. The number of aliphatic imine (C=N–C) groups is 2. The van der Waals surface area contributed by atoms with Crippen molar-refractivity contribution in [2.45, 2.75) is 80.5 Å². The van der Waals surface area contributed by atoms with Gasteiger partial charge in [0.1, 0.15) is 84.9 Å². The first kappa shape index (κ1) is 53.6. The summed E-state index contributed by atoms with van der Waals surface area (Å²) in [5.41, 5.74) is 3.10. The van der Waals surface area contributed by atoms with Gasteiger partial charge in [0.15, 0.2) is 17.3 Å². The minimum absolute atomic E-state index is 0.101. The van der Waals surface area contributed by atoms with E-state index in [9.17, 15) is 55.2 Å². The average Bonchev–Trinajstić information content (AvgIpc) is 3.41. The summed E-state index contributed by atoms with van der Waals surface area (Å²) in [7, 11) is 0. The van der Waals surface area contributed by atoms with Crippen molar-refractivity contribution in [3.05, 3.63) is 155 Å². The summed E-state index contributed by atoms with van der Waals surface area (Å²) in [5, 5.41) is 79.4. The molecule has 0 spiro atoms. The van der Waals surface area contributed by atoms with Crippen molar-refractivity contribution >= 4 is 29.8 Å². The lowest BCUT2D eigenvalue weighted by atomic mass is 9.99. The quantitative estimate of drug-likeness (QED) is 0.0214. The van der Waals surface area contributed by atoms with Crippen LogP contribution in [-0.4, -0.2) is 158 Å². The van der Waals surface area contributed by atoms with Crippen LogP contribution in [0.25, 0.3) is 0 Å². The van der Waals surface area contributed by atoms with E-state index < -0.39 is 80.9 Å². The van der Waals surface area contributed by atoms with Crippen molar-refractivity contribution < 1.29 is 83.7 Å². The third-order valence-corrected chi connectivity index (χ3v) is 11.8. The van der Waals surface area contributed by atoms with Crippen LogP contribution in [0.4, 0.5) is 0 Å². The molecule has 0 saturated carbocycles. The number of carbonyl (C=O) groups is 3. The average molecular weight is 1000 g/mol. The first-order valence-electron chi connectivity index (χ1n) is 23.1. The highest BCUT2D eigenvalue weighted by molar-refractivity contribution is 5.99. The number of aliphatic hydroxyl groups is 8. The zero-order chi connectivity index (χ0) is 52.0. The minimum Gasteiger partial charge on any atom is -0.462 e. The molecule has 2 saturated heterocycles. The molecular formula is C54H54N2O17. The maximum absolute atomic E-state index is 12.9. The van der Waals surface area contributed by atoms with E-state index in [0.29, 0.717) is 51.3 Å². The standard InChI is InChI=1S/C54H54N2O17/c1-2-3-4-41(59)33-9-11-36(12-10-33)52(68-37-17-5-31(6-18-37)25-55-27-42(60)34-13-21-39(22-14-34)70-53-50(66)48(64)46(62)44(29-57)72-53)69-38-19-7-32(8-20-38)26-56-28-43(61)35-15-23-40(24-16-35)71-54-51(67)49(65)47(63)45(30-58)73-54/h1,5-26,44-54,57-58,62-67H,3-4,27-30H2/t44?,45?,46-,47-,48-,49?,50?,51?,52?,53+,54+/m0/s1. The van der Waals surface area contributed by atoms with E-state index in [4.69, 9.17) is 34.8 Å². The number of aliphatic hydroxyl groups excluding tert-OH is 8. The molecule has 19 nitrogen and oxygen atoms in total. The van der Waals surface area contributed by atoms with Gasteiger partial charge in [-0.1, -0.05) is 24.3 Å². The maximum atomic E-state index is 12.9. The minimum atomic E-state index is -1.60. The summed E-state index contributed by atoms with van der Waals surface area (Å²) < 4.78 is 34.6. The number of rotatable bonds is 22. The molecule has 2 fully saturated rings. The fourth-order valence-corrected chi connectivity index (χ4v) is 7.52. The Labute approximate surface area is 419 Å². The number of carbonyl (C=O) groups excluding carboxylic acids is 3. The van der Waals surface area contributed by atoms with E-state index in [1.807, 2.05) is 0 Å². The van der Waals surface area contributed by atoms with E-state index in [-0.39, 0.29) is 48.4 Å². The topological polar surface area (TPSA) is 293 Å². The van der Waals surface area contributed by atoms with E-state index in [2.05, 4.69) is 15.9 Å². The number of hydrogen-bond donors (Lipinski definition) is 8. The third-order valence-electron chi connectivity index (χ3n) is 11.8. The molecule has 5 aromatic carbocycles. The normalized spacial score (nSPS) is 24.4. The van der Waals surface area contributed by atoms with Crippen LogP contribution >= 0.6 is 0 Å². The van der Waals surface area contributed by atoms with Crippen molar-refractivity contribution in [1.82, 2.24) is 0 Å². The van der Waals surface area contributed by atoms with Gasteiger partial charge in [0, 0.05) is 47.5 Å². The highest BCUT2D eigenvalue weighted by Crippen LogP contribution is 2.29. The van der Waals surface area contributed by atoms with Crippen LogP contribution in [0.15, 0.2) is 131 Å². The largest absolute Gasteiger partial charge is 0.462 e. The van der Waals surface area contributed by atoms with E-state index in [1.165, 1.54) is 61.0 Å². The van der Waals surface area contributed by atoms with Gasteiger partial charge >= 0.3 is 0 Å². The number of nitrogens with zero attached hydrogens (tertiary/aromatic N) is 2. The van der Waals surface area contributed by atoms with Crippen LogP contribution in [0.1, 0.15) is 66.9 Å². The zero-order valence-electron chi connectivity index (χ0n) is 39.0. The van der Waals surface area contributed by atoms with Gasteiger partial charge < -0.3 is 69.3 Å². The Kier molecular flexibility index (Phi) is 18.7. The van der Waals surface area contributed by atoms with Gasteiger partial charge in [-0.15, -0.1) is 12.3 Å². The van der Waals surface area contributed by atoms with E-state index in [1.54, 1.807) is 72.8 Å². The highest BCUT2D eigenvalue weighted by Gasteiger charge is 2.46. The molecule has 2 heterocycles. The Bertz CT molecular complexity index is 2550. The fraction of sp³-hybridized carbons (Fsp3) is 0.315. The van der Waals surface area contributed by atoms with Crippen LogP contribution in [0, 0.1) is 12.3 Å². The molecular weight excluding hydrogens is 949 g/mol. The van der Waals surface area contributed by atoms with Crippen LogP contribution < -0.4 is 18.9 Å². The van der Waals surface area contributed by atoms with Gasteiger partial charge in [-0.05, 0) is 108 Å². The predicted molar refractivity (Wildman–Crippen MR) is 261 cm³/mol. The summed E-state index contributed by atoms with van der Waals surface area (Å²) in [6.07, 6.45) is -6.44. The summed E-state index contributed by atoms with van der Waals surface area (Å²) in [6, 6.07) is 32.5. The van der Waals surface area contributed by atoms with Crippen molar-refractivity contribution in [3.63, 3.8) is 0 Å². The SMILES string of the molecule is C#CCCC(=O)c1ccc(C(Oc2ccc(C=NCC(=O)c3ccc(O[C@@H]4OC(CO)[C@H](O)C(O)C4O)cc3)cc2)Oc2ccc(C=NCC(=O)c3ccc(O[C@@H]4OC(CO)[C@H](O)[C@H](O)C4O)cc3)cc2)cc1. The number of Topliss-reactive ketones (excluding diaryl/α,β-unsaturated/α-hetero) is 3. The van der Waals surface area contributed by atoms with Gasteiger partial charge in [0.05, 0.1) is 13.2 Å². The summed E-state index contributed by atoms with van der Waals surface area (Å²) >= 11 is 0. The highest BCUT2D eigenvalue weighted by atomic mass is 16.7. The number of hydrogen-bond acceptors (Lipinski definition) is 19. The summed E-state index contributed by atoms with van der Waals surface area (Å²) in [4.78, 5) is 47.1. The smallest absolute Gasteiger partial charge is 0.267 e. The van der Waals surface area contributed by atoms with Crippen molar-refractivity contribution in [2.75, 3.05) is 26.3 Å². The number of ether oxygens (including phenoxy) is 6. The lowest BCUT2D eigenvalue weighted by Gasteiger charge is -2.39. The molecule has 0 radical (unpaired) electrons. The van der Waals surface area contributed by atoms with Gasteiger partial charge in [0.25, 0.3) is 6.29 Å². The fourth-order valence-electron chi connectivity index (χ4n) is 7.52. The number of ketones is 3. The molecule has 2 aliphatic rings. The molecule has 0 aromatic heterocycles. The number of benzene rings is 5. The lowest BCUT2D eigenvalue weighted by Crippen LogP contribution is -2.60. The van der Waals surface area contributed by atoms with Crippen molar-refractivity contribution in [2.24, 2.45) is 9.98 Å². The second-order valence-corrected chi connectivity index (χ2v) is 16.9. The molecule has 6 unspecified atom stereocenters. The van der Waals surface area contributed by atoms with Gasteiger partial charge in [-0.25, -0.2) is 0 Å². The summed E-state index contributed by atoms with van der Waals surface area (Å²) in [5.74, 6) is 3.09. The summed E-state index contributed by atoms with van der Waals surface area (Å²) in [6.45, 7) is -1.54. The second-order valence-electron chi connectivity index (χ2n) is 16.9. The molecule has 0 aliphatic carbocycles. The third kappa shape index (κ3) is 14.1. The van der Waals surface area contributed by atoms with Crippen molar-refractivity contribution in [1.29, 1.82) is 0 Å². The van der Waals surface area contributed by atoms with E-state index in [0.717, 1.165) is 0 Å². The maximum Gasteiger partial charge on any atom is 0.267 e. The first-order valence-corrected chi connectivity index (χ1v) is 23.1. The Morgan fingerprint density at radius 3 is 1.27 bits per heavy atom. The Morgan fingerprint density at radius 1 is 0.521 bits per heavy atom. The second kappa shape index (κ2) is 25.5.